The zero-order valence-electron chi connectivity index (χ0n) is 19.5. The smallest absolute Gasteiger partial charge is 0.0178 e. The Kier molecular flexibility index (Phi) is 7.17. The molecule has 0 unspecified atom stereocenters. The maximum atomic E-state index is 4.15. The van der Waals surface area contributed by atoms with Crippen LogP contribution in [-0.4, -0.2) is 0 Å². The van der Waals surface area contributed by atoms with E-state index in [0.29, 0.717) is 0 Å². The van der Waals surface area contributed by atoms with Crippen LogP contribution >= 0.6 is 0 Å². The van der Waals surface area contributed by atoms with Gasteiger partial charge < -0.3 is 0 Å². The van der Waals surface area contributed by atoms with Crippen molar-refractivity contribution in [2.75, 3.05) is 0 Å². The maximum absolute atomic E-state index is 4.15. The lowest BCUT2D eigenvalue weighted by molar-refractivity contribution is 1.24. The Hall–Kier alpha value is -3.90. The summed E-state index contributed by atoms with van der Waals surface area (Å²) < 4.78 is 0. The lowest BCUT2D eigenvalue weighted by Gasteiger charge is -2.12. The molecule has 0 aromatic heterocycles. The predicted molar refractivity (Wildman–Crippen MR) is 145 cm³/mol. The fourth-order valence-corrected chi connectivity index (χ4v) is 4.09. The number of allylic oxidation sites excluding steroid dienone is 5. The van der Waals surface area contributed by atoms with Crippen LogP contribution < -0.4 is 0 Å². The first kappa shape index (κ1) is 22.3. The Morgan fingerprint density at radius 3 is 1.76 bits per heavy atom. The fraction of sp³-hybridized carbons (Fsp3) is 0.0909. The second-order valence-electron chi connectivity index (χ2n) is 8.36. The van der Waals surface area contributed by atoms with E-state index >= 15 is 0 Å². The number of benzene rings is 4. The molecule has 0 saturated heterocycles. The lowest BCUT2D eigenvalue weighted by atomic mass is 9.93. The molecule has 4 rings (SSSR count). The number of rotatable bonds is 7. The average molecular weight is 427 g/mol. The summed E-state index contributed by atoms with van der Waals surface area (Å²) in [5.41, 5.74) is 10.9. The van der Waals surface area contributed by atoms with Crippen molar-refractivity contribution < 1.29 is 0 Å². The third kappa shape index (κ3) is 5.67. The largest absolute Gasteiger partial charge is 0.0961 e. The summed E-state index contributed by atoms with van der Waals surface area (Å²) in [5.74, 6) is 0. The molecule has 4 aromatic carbocycles. The molecule has 0 aliphatic rings. The van der Waals surface area contributed by atoms with Crippen LogP contribution in [0.2, 0.25) is 0 Å². The van der Waals surface area contributed by atoms with Gasteiger partial charge in [-0.05, 0) is 70.0 Å². The minimum Gasteiger partial charge on any atom is -0.0961 e. The van der Waals surface area contributed by atoms with E-state index in [9.17, 15) is 0 Å². The van der Waals surface area contributed by atoms with E-state index in [0.717, 1.165) is 12.0 Å². The second kappa shape index (κ2) is 10.6. The van der Waals surface area contributed by atoms with E-state index in [1.165, 1.54) is 44.5 Å². The van der Waals surface area contributed by atoms with Gasteiger partial charge in [0.2, 0.25) is 0 Å². The topological polar surface area (TPSA) is 0 Å². The van der Waals surface area contributed by atoms with E-state index in [4.69, 9.17) is 0 Å². The van der Waals surface area contributed by atoms with Crippen molar-refractivity contribution in [1.82, 2.24) is 0 Å². The van der Waals surface area contributed by atoms with Gasteiger partial charge in [0.15, 0.2) is 0 Å². The molecule has 0 nitrogen and oxygen atoms in total. The molecule has 0 heteroatoms. The second-order valence-corrected chi connectivity index (χ2v) is 8.36. The van der Waals surface area contributed by atoms with Gasteiger partial charge in [0.25, 0.3) is 0 Å². The monoisotopic (exact) mass is 426 g/mol. The lowest BCUT2D eigenvalue weighted by Crippen LogP contribution is -1.89. The van der Waals surface area contributed by atoms with Crippen molar-refractivity contribution in [3.63, 3.8) is 0 Å². The molecule has 33 heavy (non-hydrogen) atoms. The summed E-state index contributed by atoms with van der Waals surface area (Å²) in [6.45, 7) is 8.41. The molecular formula is C33H30. The summed E-state index contributed by atoms with van der Waals surface area (Å²) >= 11 is 0. The summed E-state index contributed by atoms with van der Waals surface area (Å²) in [6, 6.07) is 38.7. The molecule has 0 atom stereocenters. The first-order valence-electron chi connectivity index (χ1n) is 11.5. The number of hydrogen-bond acceptors (Lipinski definition) is 0. The van der Waals surface area contributed by atoms with Crippen LogP contribution in [0, 0.1) is 0 Å². The molecule has 162 valence electrons. The molecule has 0 saturated carbocycles. The number of hydrogen-bond donors (Lipinski definition) is 0. The Labute approximate surface area is 198 Å². The van der Waals surface area contributed by atoms with Crippen LogP contribution in [0.4, 0.5) is 0 Å². The van der Waals surface area contributed by atoms with Crippen molar-refractivity contribution in [2.24, 2.45) is 0 Å². The highest BCUT2D eigenvalue weighted by Crippen LogP contribution is 2.31. The van der Waals surface area contributed by atoms with Gasteiger partial charge in [-0.15, -0.1) is 0 Å². The quantitative estimate of drug-likeness (QED) is 0.258. The minimum absolute atomic E-state index is 0.969. The molecule has 0 aliphatic heterocycles. The van der Waals surface area contributed by atoms with Gasteiger partial charge in [-0.25, -0.2) is 0 Å². The SMILES string of the molecule is C=C(C)/C=C(\C=C(/CC)c1ccccc1)c1cccc(-c2cccc(-c3ccccc3)c2)c1. The summed E-state index contributed by atoms with van der Waals surface area (Å²) in [5, 5.41) is 0. The van der Waals surface area contributed by atoms with E-state index < -0.39 is 0 Å². The summed E-state index contributed by atoms with van der Waals surface area (Å²) in [7, 11) is 0. The zero-order chi connectivity index (χ0) is 23.0. The molecule has 0 heterocycles. The van der Waals surface area contributed by atoms with Gasteiger partial charge in [0.05, 0.1) is 0 Å². The summed E-state index contributed by atoms with van der Waals surface area (Å²) in [4.78, 5) is 0. The molecule has 0 amide bonds. The standard InChI is InChI=1S/C33H30/c1-4-26(27-13-7-5-8-14-27)22-33(21-25(2)3)32-20-12-19-31(24-32)30-18-11-17-29(23-30)28-15-9-6-10-16-28/h5-24H,2,4H2,1,3H3/b26-22+,33-21+. The molecular weight excluding hydrogens is 396 g/mol. The van der Waals surface area contributed by atoms with Gasteiger partial charge >= 0.3 is 0 Å². The van der Waals surface area contributed by atoms with Gasteiger partial charge in [-0.1, -0.05) is 128 Å². The molecule has 0 N–H and O–H groups in total. The third-order valence-corrected chi connectivity index (χ3v) is 5.76. The Bertz CT molecular complexity index is 1290. The van der Waals surface area contributed by atoms with E-state index in [1.807, 2.05) is 0 Å². The summed E-state index contributed by atoms with van der Waals surface area (Å²) in [6.07, 6.45) is 5.46. The van der Waals surface area contributed by atoms with Gasteiger partial charge in [0.1, 0.15) is 0 Å². The van der Waals surface area contributed by atoms with Crippen LogP contribution in [0.3, 0.4) is 0 Å². The van der Waals surface area contributed by atoms with Crippen molar-refractivity contribution in [3.8, 4) is 22.3 Å². The third-order valence-electron chi connectivity index (χ3n) is 5.76. The average Bonchev–Trinajstić information content (AvgIpc) is 2.87. The fourth-order valence-electron chi connectivity index (χ4n) is 4.09. The van der Waals surface area contributed by atoms with E-state index in [-0.39, 0.29) is 0 Å². The van der Waals surface area contributed by atoms with Crippen LogP contribution in [-0.2, 0) is 0 Å². The predicted octanol–water partition coefficient (Wildman–Crippen LogP) is 9.47. The first-order chi connectivity index (χ1) is 16.1. The molecule has 0 radical (unpaired) electrons. The van der Waals surface area contributed by atoms with E-state index in [2.05, 4.69) is 142 Å². The van der Waals surface area contributed by atoms with Crippen LogP contribution in [0.5, 0.6) is 0 Å². The minimum atomic E-state index is 0.969. The molecule has 0 bridgehead atoms. The first-order valence-corrected chi connectivity index (χ1v) is 11.5. The molecule has 0 spiro atoms. The Balaban J connectivity index is 1.75. The van der Waals surface area contributed by atoms with Crippen molar-refractivity contribution >= 4 is 11.1 Å². The highest BCUT2D eigenvalue weighted by molar-refractivity contribution is 5.86. The van der Waals surface area contributed by atoms with Crippen LogP contribution in [0.15, 0.2) is 133 Å². The Morgan fingerprint density at radius 2 is 1.12 bits per heavy atom. The normalized spacial score (nSPS) is 11.9. The van der Waals surface area contributed by atoms with Crippen LogP contribution in [0.25, 0.3) is 33.4 Å². The molecule has 4 aromatic rings. The van der Waals surface area contributed by atoms with Crippen LogP contribution in [0.1, 0.15) is 31.4 Å². The van der Waals surface area contributed by atoms with Crippen molar-refractivity contribution in [1.29, 1.82) is 0 Å². The van der Waals surface area contributed by atoms with Gasteiger partial charge in [-0.3, -0.25) is 0 Å². The zero-order valence-corrected chi connectivity index (χ0v) is 19.5. The molecule has 0 fully saturated rings. The highest BCUT2D eigenvalue weighted by Gasteiger charge is 2.07. The maximum Gasteiger partial charge on any atom is -0.0178 e. The van der Waals surface area contributed by atoms with E-state index in [1.54, 1.807) is 0 Å². The van der Waals surface area contributed by atoms with Gasteiger partial charge in [0, 0.05) is 0 Å². The van der Waals surface area contributed by atoms with Crippen molar-refractivity contribution in [2.45, 2.75) is 20.3 Å². The van der Waals surface area contributed by atoms with Gasteiger partial charge in [-0.2, -0.15) is 0 Å². The molecule has 0 aliphatic carbocycles. The Morgan fingerprint density at radius 1 is 0.606 bits per heavy atom. The van der Waals surface area contributed by atoms with Crippen molar-refractivity contribution in [3.05, 3.63) is 145 Å². The highest BCUT2D eigenvalue weighted by atomic mass is 14.1.